The van der Waals surface area contributed by atoms with E-state index in [1.54, 1.807) is 11.8 Å². The topological polar surface area (TPSA) is 73.3 Å². The molecule has 9 heteroatoms. The largest absolute Gasteiger partial charge is 0.486 e. The molecule has 3 rings (SSSR count). The highest BCUT2D eigenvalue weighted by atomic mass is 32.2. The van der Waals surface area contributed by atoms with Crippen LogP contribution in [0.5, 0.6) is 11.5 Å². The van der Waals surface area contributed by atoms with E-state index in [0.717, 1.165) is 31.5 Å². The molecular weight excluding hydrogens is 378 g/mol. The Bertz CT molecular complexity index is 738. The van der Waals surface area contributed by atoms with Gasteiger partial charge in [0.2, 0.25) is 5.91 Å². The Kier molecular flexibility index (Phi) is 6.44. The molecule has 1 N–H and O–H groups in total. The third-order valence-electron chi connectivity index (χ3n) is 3.43. The molecule has 6 nitrogen and oxygen atoms in total. The number of fused-ring (bicyclic) bond motifs is 1. The number of nitrogens with zero attached hydrogens (tertiary/aromatic N) is 2. The van der Waals surface area contributed by atoms with Crippen molar-refractivity contribution >= 4 is 40.8 Å². The molecule has 0 saturated heterocycles. The lowest BCUT2D eigenvalue weighted by atomic mass is 10.1. The third kappa shape index (κ3) is 5.02. The van der Waals surface area contributed by atoms with Crippen molar-refractivity contribution < 1.29 is 14.3 Å². The van der Waals surface area contributed by atoms with Crippen LogP contribution < -0.4 is 14.8 Å². The van der Waals surface area contributed by atoms with Crippen LogP contribution in [0.25, 0.3) is 0 Å². The van der Waals surface area contributed by atoms with Crippen LogP contribution in [0.4, 0.5) is 0 Å². The Morgan fingerprint density at radius 3 is 2.72 bits per heavy atom. The number of nitrogens with one attached hydrogen (secondary N) is 1. The zero-order valence-corrected chi connectivity index (χ0v) is 16.4. The molecule has 0 fully saturated rings. The molecule has 0 spiro atoms. The van der Waals surface area contributed by atoms with E-state index in [2.05, 4.69) is 22.4 Å². The summed E-state index contributed by atoms with van der Waals surface area (Å²) in [5.74, 6) is 2.73. The quantitative estimate of drug-likeness (QED) is 0.718. The number of benzene rings is 1. The molecule has 1 atom stereocenters. The number of hydrogen-bond donors (Lipinski definition) is 1. The second-order valence-corrected chi connectivity index (χ2v) is 8.96. The van der Waals surface area contributed by atoms with E-state index in [9.17, 15) is 4.79 Å². The van der Waals surface area contributed by atoms with Crippen LogP contribution in [0, 0.1) is 0 Å². The minimum Gasteiger partial charge on any atom is -0.486 e. The van der Waals surface area contributed by atoms with Gasteiger partial charge in [-0.1, -0.05) is 47.9 Å². The van der Waals surface area contributed by atoms with Gasteiger partial charge >= 0.3 is 0 Å². The Morgan fingerprint density at radius 1 is 1.24 bits per heavy atom. The summed E-state index contributed by atoms with van der Waals surface area (Å²) in [4.78, 5) is 12.2. The number of ether oxygens (including phenoxy) is 2. The Hall–Kier alpha value is -1.45. The highest BCUT2D eigenvalue weighted by Gasteiger charge is 2.16. The molecule has 1 aliphatic heterocycles. The van der Waals surface area contributed by atoms with Gasteiger partial charge in [0, 0.05) is 0 Å². The normalized spacial score (nSPS) is 14.2. The van der Waals surface area contributed by atoms with Crippen molar-refractivity contribution in [3.05, 3.63) is 23.8 Å². The first-order chi connectivity index (χ1) is 12.2. The summed E-state index contributed by atoms with van der Waals surface area (Å²) in [6.45, 7) is 5.15. The van der Waals surface area contributed by atoms with Crippen LogP contribution in [0.2, 0.25) is 0 Å². The summed E-state index contributed by atoms with van der Waals surface area (Å²) in [6.07, 6.45) is 0. The van der Waals surface area contributed by atoms with Crippen molar-refractivity contribution in [1.29, 1.82) is 0 Å². The van der Waals surface area contributed by atoms with Gasteiger partial charge in [-0.25, -0.2) is 0 Å². The number of hydrogen-bond acceptors (Lipinski definition) is 8. The van der Waals surface area contributed by atoms with Crippen molar-refractivity contribution in [2.24, 2.45) is 0 Å². The molecule has 0 bridgehead atoms. The molecule has 0 aliphatic carbocycles. The van der Waals surface area contributed by atoms with Crippen molar-refractivity contribution in [3.63, 3.8) is 0 Å². The van der Waals surface area contributed by atoms with Crippen LogP contribution in [0.1, 0.15) is 25.5 Å². The van der Waals surface area contributed by atoms with E-state index in [1.165, 1.54) is 23.1 Å². The van der Waals surface area contributed by atoms with Gasteiger partial charge in [-0.15, -0.1) is 10.2 Å². The molecule has 1 aromatic carbocycles. The molecule has 0 unspecified atom stereocenters. The number of rotatable bonds is 7. The van der Waals surface area contributed by atoms with E-state index < -0.39 is 0 Å². The number of carbonyl (C=O) groups excluding carboxylic acids is 1. The van der Waals surface area contributed by atoms with Crippen LogP contribution >= 0.6 is 34.9 Å². The van der Waals surface area contributed by atoms with Crippen molar-refractivity contribution in [2.45, 2.75) is 28.6 Å². The lowest BCUT2D eigenvalue weighted by Gasteiger charge is -2.21. The maximum absolute atomic E-state index is 12.2. The zero-order chi connectivity index (χ0) is 17.6. The minimum absolute atomic E-state index is 0.0349. The summed E-state index contributed by atoms with van der Waals surface area (Å²) in [5, 5.41) is 11.2. The Balaban J connectivity index is 1.51. The molecule has 2 aromatic rings. The van der Waals surface area contributed by atoms with Crippen molar-refractivity contribution in [3.8, 4) is 11.5 Å². The van der Waals surface area contributed by atoms with Gasteiger partial charge < -0.3 is 14.8 Å². The van der Waals surface area contributed by atoms with Crippen molar-refractivity contribution in [2.75, 3.05) is 24.7 Å². The summed E-state index contributed by atoms with van der Waals surface area (Å²) in [5.41, 5.74) is 0.986. The summed E-state index contributed by atoms with van der Waals surface area (Å²) < 4.78 is 12.9. The summed E-state index contributed by atoms with van der Waals surface area (Å²) in [7, 11) is 0. The number of aromatic nitrogens is 2. The maximum atomic E-state index is 12.2. The van der Waals surface area contributed by atoms with E-state index >= 15 is 0 Å². The number of carbonyl (C=O) groups is 1. The maximum Gasteiger partial charge on any atom is 0.230 e. The fourth-order valence-electron chi connectivity index (χ4n) is 2.26. The van der Waals surface area contributed by atoms with E-state index in [4.69, 9.17) is 9.47 Å². The Labute approximate surface area is 159 Å². The second kappa shape index (κ2) is 8.77. The standard InChI is InChI=1S/C16H19N3O3S3/c1-3-23-15-18-19-16(25-15)24-9-14(20)17-10(2)11-4-5-12-13(8-11)22-7-6-21-12/h4-5,8,10H,3,6-7,9H2,1-2H3,(H,17,20)/t10-/m1/s1. The lowest BCUT2D eigenvalue weighted by molar-refractivity contribution is -0.119. The van der Waals surface area contributed by atoms with E-state index in [1.807, 2.05) is 25.1 Å². The fourth-order valence-corrected chi connectivity index (χ4v) is 4.99. The molecule has 0 saturated carbocycles. The molecular formula is C16H19N3O3S3. The molecule has 1 aromatic heterocycles. The number of thioether (sulfide) groups is 2. The molecule has 0 radical (unpaired) electrons. The van der Waals surface area contributed by atoms with Gasteiger partial charge in [0.15, 0.2) is 20.2 Å². The first-order valence-electron chi connectivity index (χ1n) is 7.93. The van der Waals surface area contributed by atoms with Gasteiger partial charge in [-0.2, -0.15) is 0 Å². The monoisotopic (exact) mass is 397 g/mol. The zero-order valence-electron chi connectivity index (χ0n) is 14.0. The summed E-state index contributed by atoms with van der Waals surface area (Å²) >= 11 is 4.59. The molecule has 1 amide bonds. The van der Waals surface area contributed by atoms with E-state index in [-0.39, 0.29) is 11.9 Å². The Morgan fingerprint density at radius 2 is 1.96 bits per heavy atom. The van der Waals surface area contributed by atoms with Gasteiger partial charge in [0.1, 0.15) is 13.2 Å². The molecule has 1 aliphatic rings. The first kappa shape index (κ1) is 18.3. The average molecular weight is 398 g/mol. The van der Waals surface area contributed by atoms with Gasteiger partial charge in [-0.05, 0) is 30.4 Å². The minimum atomic E-state index is -0.107. The third-order valence-corrected chi connectivity index (χ3v) is 6.50. The predicted molar refractivity (Wildman–Crippen MR) is 101 cm³/mol. The van der Waals surface area contributed by atoms with Crippen LogP contribution in [0.15, 0.2) is 26.9 Å². The van der Waals surface area contributed by atoms with Gasteiger partial charge in [-0.3, -0.25) is 4.79 Å². The number of amides is 1. The molecule has 25 heavy (non-hydrogen) atoms. The van der Waals surface area contributed by atoms with E-state index in [0.29, 0.717) is 19.0 Å². The second-order valence-electron chi connectivity index (χ2n) is 5.25. The molecule has 134 valence electrons. The van der Waals surface area contributed by atoms with Crippen LogP contribution in [0.3, 0.4) is 0 Å². The van der Waals surface area contributed by atoms with Gasteiger partial charge in [0.05, 0.1) is 11.8 Å². The highest BCUT2D eigenvalue weighted by Crippen LogP contribution is 2.33. The SMILES string of the molecule is CCSc1nnc(SCC(=O)N[C@H](C)c2ccc3c(c2)OCCO3)s1. The average Bonchev–Trinajstić information content (AvgIpc) is 3.07. The van der Waals surface area contributed by atoms with Gasteiger partial charge in [0.25, 0.3) is 0 Å². The van der Waals surface area contributed by atoms with Crippen LogP contribution in [-0.4, -0.2) is 40.8 Å². The van der Waals surface area contributed by atoms with Crippen molar-refractivity contribution in [1.82, 2.24) is 15.5 Å². The lowest BCUT2D eigenvalue weighted by Crippen LogP contribution is -2.28. The molecule has 2 heterocycles. The predicted octanol–water partition coefficient (Wildman–Crippen LogP) is 3.39. The smallest absolute Gasteiger partial charge is 0.230 e. The summed E-state index contributed by atoms with van der Waals surface area (Å²) in [6, 6.07) is 5.65. The first-order valence-corrected chi connectivity index (χ1v) is 10.7. The van der Waals surface area contributed by atoms with Crippen LogP contribution in [-0.2, 0) is 4.79 Å². The highest BCUT2D eigenvalue weighted by molar-refractivity contribution is 8.03. The fraction of sp³-hybridized carbons (Fsp3) is 0.438.